The molecule has 0 radical (unpaired) electrons. The zero-order chi connectivity index (χ0) is 14.8. The monoisotopic (exact) mass is 360 g/mol. The molecule has 1 heterocycles. The van der Waals surface area contributed by atoms with E-state index in [0.717, 1.165) is 30.4 Å². The summed E-state index contributed by atoms with van der Waals surface area (Å²) in [4.78, 5) is 2.70. The van der Waals surface area contributed by atoms with E-state index in [4.69, 9.17) is 0 Å². The summed E-state index contributed by atoms with van der Waals surface area (Å²) in [5, 5.41) is 0. The topological polar surface area (TPSA) is 40.6 Å². The van der Waals surface area contributed by atoms with Crippen LogP contribution in [-0.2, 0) is 10.0 Å². The van der Waals surface area contributed by atoms with E-state index in [1.54, 1.807) is 25.2 Å². The van der Waals surface area contributed by atoms with Crippen LogP contribution in [0, 0.1) is 0 Å². The first kappa shape index (κ1) is 15.9. The Balaban J connectivity index is 2.13. The maximum absolute atomic E-state index is 12.6. The standard InChI is InChI=1S/C14H21BrN2O2S/c1-3-17-9-5-7-13(17)11-16(2)20(18,19)14-8-4-6-12(15)10-14/h4,6,8,10,13H,3,5,7,9,11H2,1-2H3. The van der Waals surface area contributed by atoms with Crippen LogP contribution < -0.4 is 0 Å². The van der Waals surface area contributed by atoms with Crippen molar-refractivity contribution in [2.45, 2.75) is 30.7 Å². The van der Waals surface area contributed by atoms with Gasteiger partial charge in [0, 0.05) is 24.1 Å². The number of nitrogens with zero attached hydrogens (tertiary/aromatic N) is 2. The summed E-state index contributed by atoms with van der Waals surface area (Å²) in [5.74, 6) is 0. The molecule has 6 heteroatoms. The lowest BCUT2D eigenvalue weighted by atomic mass is 10.2. The van der Waals surface area contributed by atoms with E-state index in [-0.39, 0.29) is 0 Å². The molecule has 1 fully saturated rings. The molecule has 112 valence electrons. The van der Waals surface area contributed by atoms with Crippen molar-refractivity contribution in [3.63, 3.8) is 0 Å². The number of halogens is 1. The molecule has 20 heavy (non-hydrogen) atoms. The van der Waals surface area contributed by atoms with Crippen LogP contribution in [0.25, 0.3) is 0 Å². The lowest BCUT2D eigenvalue weighted by Crippen LogP contribution is -2.41. The average molecular weight is 361 g/mol. The van der Waals surface area contributed by atoms with Gasteiger partial charge >= 0.3 is 0 Å². The van der Waals surface area contributed by atoms with E-state index < -0.39 is 10.0 Å². The molecule has 1 unspecified atom stereocenters. The van der Waals surface area contributed by atoms with E-state index in [1.807, 2.05) is 6.07 Å². The van der Waals surface area contributed by atoms with E-state index in [9.17, 15) is 8.42 Å². The number of rotatable bonds is 5. The Bertz CT molecular complexity index is 562. The van der Waals surface area contributed by atoms with Crippen molar-refractivity contribution in [3.8, 4) is 0 Å². The molecule has 0 N–H and O–H groups in total. The molecule has 0 aromatic heterocycles. The molecule has 0 aliphatic carbocycles. The zero-order valence-corrected chi connectivity index (χ0v) is 14.3. The minimum absolute atomic E-state index is 0.340. The third-order valence-corrected chi connectivity index (χ3v) is 6.19. The lowest BCUT2D eigenvalue weighted by Gasteiger charge is -2.27. The van der Waals surface area contributed by atoms with Crippen molar-refractivity contribution < 1.29 is 8.42 Å². The minimum Gasteiger partial charge on any atom is -0.299 e. The fourth-order valence-corrected chi connectivity index (χ4v) is 4.53. The highest BCUT2D eigenvalue weighted by molar-refractivity contribution is 9.10. The van der Waals surface area contributed by atoms with Crippen LogP contribution in [0.1, 0.15) is 19.8 Å². The lowest BCUT2D eigenvalue weighted by molar-refractivity contribution is 0.237. The molecule has 0 bridgehead atoms. The first-order valence-electron chi connectivity index (χ1n) is 6.91. The highest BCUT2D eigenvalue weighted by atomic mass is 79.9. The molecular formula is C14H21BrN2O2S. The predicted molar refractivity (Wildman–Crippen MR) is 84.2 cm³/mol. The molecule has 1 aliphatic rings. The molecule has 1 aromatic rings. The van der Waals surface area contributed by atoms with Crippen LogP contribution in [0.3, 0.4) is 0 Å². The van der Waals surface area contributed by atoms with Gasteiger partial charge in [-0.1, -0.05) is 28.9 Å². The normalized spacial score (nSPS) is 20.7. The van der Waals surface area contributed by atoms with Gasteiger partial charge in [-0.25, -0.2) is 8.42 Å². The molecule has 1 atom stereocenters. The second kappa shape index (κ2) is 6.56. The van der Waals surface area contributed by atoms with Crippen molar-refractivity contribution in [2.75, 3.05) is 26.7 Å². The van der Waals surface area contributed by atoms with Gasteiger partial charge in [0.2, 0.25) is 10.0 Å². The summed E-state index contributed by atoms with van der Waals surface area (Å²) in [5.41, 5.74) is 0. The largest absolute Gasteiger partial charge is 0.299 e. The van der Waals surface area contributed by atoms with Crippen molar-refractivity contribution in [2.24, 2.45) is 0 Å². The first-order valence-corrected chi connectivity index (χ1v) is 9.14. The van der Waals surface area contributed by atoms with E-state index >= 15 is 0 Å². The summed E-state index contributed by atoms with van der Waals surface area (Å²) >= 11 is 3.32. The Kier molecular flexibility index (Phi) is 5.23. The van der Waals surface area contributed by atoms with E-state index in [1.165, 1.54) is 4.31 Å². The van der Waals surface area contributed by atoms with Gasteiger partial charge in [0.25, 0.3) is 0 Å². The van der Waals surface area contributed by atoms with Crippen molar-refractivity contribution in [3.05, 3.63) is 28.7 Å². The Hall–Kier alpha value is -0.430. The summed E-state index contributed by atoms with van der Waals surface area (Å²) in [7, 11) is -1.73. The first-order chi connectivity index (χ1) is 9.45. The molecule has 1 aliphatic heterocycles. The van der Waals surface area contributed by atoms with E-state index in [2.05, 4.69) is 27.8 Å². The molecule has 1 aromatic carbocycles. The third-order valence-electron chi connectivity index (χ3n) is 3.88. The average Bonchev–Trinajstić information content (AvgIpc) is 2.86. The van der Waals surface area contributed by atoms with Crippen LogP contribution in [0.15, 0.2) is 33.6 Å². The third kappa shape index (κ3) is 3.42. The molecule has 2 rings (SSSR count). The number of hydrogen-bond donors (Lipinski definition) is 0. The summed E-state index contributed by atoms with van der Waals surface area (Å²) in [6.45, 7) is 4.74. The van der Waals surface area contributed by atoms with Crippen LogP contribution in [-0.4, -0.2) is 50.3 Å². The number of sulfonamides is 1. The molecular weight excluding hydrogens is 340 g/mol. The Labute approximate surface area is 129 Å². The highest BCUT2D eigenvalue weighted by Gasteiger charge is 2.29. The summed E-state index contributed by atoms with van der Waals surface area (Å²) in [6, 6.07) is 7.21. The SMILES string of the molecule is CCN1CCCC1CN(C)S(=O)(=O)c1cccc(Br)c1. The number of benzene rings is 1. The highest BCUT2D eigenvalue weighted by Crippen LogP contribution is 2.22. The smallest absolute Gasteiger partial charge is 0.242 e. The molecule has 0 saturated carbocycles. The van der Waals surface area contributed by atoms with Crippen LogP contribution >= 0.6 is 15.9 Å². The zero-order valence-electron chi connectivity index (χ0n) is 11.9. The van der Waals surface area contributed by atoms with Crippen molar-refractivity contribution in [1.82, 2.24) is 9.21 Å². The van der Waals surface area contributed by atoms with Gasteiger partial charge < -0.3 is 0 Å². The van der Waals surface area contributed by atoms with Gasteiger partial charge in [-0.05, 0) is 44.1 Å². The number of likely N-dealkylation sites (tertiary alicyclic amines) is 1. The van der Waals surface area contributed by atoms with Gasteiger partial charge in [0.1, 0.15) is 0 Å². The maximum atomic E-state index is 12.6. The molecule has 4 nitrogen and oxygen atoms in total. The molecule has 1 saturated heterocycles. The molecule has 0 spiro atoms. The quantitative estimate of drug-likeness (QED) is 0.809. The van der Waals surface area contributed by atoms with Gasteiger partial charge in [-0.2, -0.15) is 4.31 Å². The minimum atomic E-state index is -3.40. The second-order valence-corrected chi connectivity index (χ2v) is 8.13. The summed E-state index contributed by atoms with van der Waals surface area (Å²) in [6.07, 6.45) is 2.23. The Morgan fingerprint density at radius 2 is 2.20 bits per heavy atom. The second-order valence-electron chi connectivity index (χ2n) is 5.17. The van der Waals surface area contributed by atoms with Gasteiger partial charge in [0.05, 0.1) is 4.90 Å². The molecule has 0 amide bonds. The van der Waals surface area contributed by atoms with Crippen LogP contribution in [0.2, 0.25) is 0 Å². The Morgan fingerprint density at radius 1 is 1.45 bits per heavy atom. The van der Waals surface area contributed by atoms with Gasteiger partial charge in [0.15, 0.2) is 0 Å². The van der Waals surface area contributed by atoms with Crippen molar-refractivity contribution in [1.29, 1.82) is 0 Å². The Morgan fingerprint density at radius 3 is 2.85 bits per heavy atom. The summed E-state index contributed by atoms with van der Waals surface area (Å²) < 4.78 is 27.4. The maximum Gasteiger partial charge on any atom is 0.242 e. The fourth-order valence-electron chi connectivity index (χ4n) is 2.72. The fraction of sp³-hybridized carbons (Fsp3) is 0.571. The predicted octanol–water partition coefficient (Wildman–Crippen LogP) is 2.55. The van der Waals surface area contributed by atoms with Crippen molar-refractivity contribution >= 4 is 26.0 Å². The van der Waals surface area contributed by atoms with Crippen LogP contribution in [0.5, 0.6) is 0 Å². The number of hydrogen-bond acceptors (Lipinski definition) is 3. The van der Waals surface area contributed by atoms with Gasteiger partial charge in [-0.15, -0.1) is 0 Å². The number of likely N-dealkylation sites (N-methyl/N-ethyl adjacent to an activating group) is 2. The van der Waals surface area contributed by atoms with E-state index in [0.29, 0.717) is 17.5 Å². The van der Waals surface area contributed by atoms with Crippen LogP contribution in [0.4, 0.5) is 0 Å². The van der Waals surface area contributed by atoms with Gasteiger partial charge in [-0.3, -0.25) is 4.90 Å².